The lowest BCUT2D eigenvalue weighted by molar-refractivity contribution is -0.134. The smallest absolute Gasteiger partial charge is 0.237 e. The van der Waals surface area contributed by atoms with E-state index < -0.39 is 0 Å². The molecule has 2 heterocycles. The van der Waals surface area contributed by atoms with Crippen molar-refractivity contribution in [1.29, 1.82) is 0 Å². The van der Waals surface area contributed by atoms with E-state index in [9.17, 15) is 4.79 Å². The molecule has 24 heavy (non-hydrogen) atoms. The molecule has 2 aliphatic rings. The van der Waals surface area contributed by atoms with Crippen molar-refractivity contribution in [2.24, 2.45) is 0 Å². The minimum Gasteiger partial charge on any atom is -0.493 e. The van der Waals surface area contributed by atoms with Gasteiger partial charge in [0.2, 0.25) is 5.91 Å². The van der Waals surface area contributed by atoms with Gasteiger partial charge in [-0.05, 0) is 56.0 Å². The van der Waals surface area contributed by atoms with Gasteiger partial charge in [0.25, 0.3) is 0 Å². The zero-order valence-electron chi connectivity index (χ0n) is 15.0. The van der Waals surface area contributed by atoms with Crippen LogP contribution in [0.2, 0.25) is 0 Å². The maximum absolute atomic E-state index is 12.7. The molecule has 0 aromatic heterocycles. The summed E-state index contributed by atoms with van der Waals surface area (Å²) in [5, 5.41) is 0. The first kappa shape index (κ1) is 17.1. The molecule has 0 radical (unpaired) electrons. The average molecular weight is 332 g/mol. The van der Waals surface area contributed by atoms with Gasteiger partial charge in [-0.1, -0.05) is 6.42 Å². The zero-order valence-corrected chi connectivity index (χ0v) is 15.0. The van der Waals surface area contributed by atoms with Crippen LogP contribution in [0.25, 0.3) is 0 Å². The summed E-state index contributed by atoms with van der Waals surface area (Å²) >= 11 is 0. The first-order valence-corrected chi connectivity index (χ1v) is 8.88. The first-order valence-electron chi connectivity index (χ1n) is 8.88. The zero-order chi connectivity index (χ0) is 17.1. The maximum atomic E-state index is 12.7. The average Bonchev–Trinajstić information content (AvgIpc) is 2.61. The van der Waals surface area contributed by atoms with Crippen LogP contribution in [0.5, 0.6) is 11.5 Å². The van der Waals surface area contributed by atoms with Gasteiger partial charge < -0.3 is 14.4 Å². The normalized spacial score (nSPS) is 21.3. The molecule has 0 saturated carbocycles. The minimum absolute atomic E-state index is 0.240. The Balaban J connectivity index is 1.68. The fraction of sp³-hybridized carbons (Fsp3) is 0.632. The molecule has 1 saturated heterocycles. The van der Waals surface area contributed by atoms with Crippen molar-refractivity contribution in [2.45, 2.75) is 45.2 Å². The fourth-order valence-electron chi connectivity index (χ4n) is 3.76. The van der Waals surface area contributed by atoms with E-state index in [2.05, 4.69) is 11.8 Å². The second-order valence-corrected chi connectivity index (χ2v) is 6.86. The molecule has 1 atom stereocenters. The topological polar surface area (TPSA) is 42.0 Å². The Morgan fingerprint density at radius 2 is 1.83 bits per heavy atom. The summed E-state index contributed by atoms with van der Waals surface area (Å²) in [6.07, 6.45) is 4.56. The second-order valence-electron chi connectivity index (χ2n) is 6.86. The standard InChI is InChI=1S/C19H28N2O3/c1-14-6-4-5-8-20(14)13-19(22)21-9-7-15-10-17(23-2)18(24-3)11-16(15)12-21/h10-11,14H,4-9,12-13H2,1-3H3. The van der Waals surface area contributed by atoms with Crippen LogP contribution in [0.4, 0.5) is 0 Å². The first-order chi connectivity index (χ1) is 11.6. The van der Waals surface area contributed by atoms with Crippen LogP contribution < -0.4 is 9.47 Å². The van der Waals surface area contributed by atoms with Gasteiger partial charge in [-0.25, -0.2) is 0 Å². The summed E-state index contributed by atoms with van der Waals surface area (Å²) in [5.41, 5.74) is 2.42. The van der Waals surface area contributed by atoms with Crippen molar-refractivity contribution in [2.75, 3.05) is 33.9 Å². The molecule has 1 amide bonds. The van der Waals surface area contributed by atoms with E-state index in [0.717, 1.165) is 31.0 Å². The number of benzene rings is 1. The molecular formula is C19H28N2O3. The largest absolute Gasteiger partial charge is 0.493 e. The van der Waals surface area contributed by atoms with Gasteiger partial charge in [0.05, 0.1) is 20.8 Å². The summed E-state index contributed by atoms with van der Waals surface area (Å²) in [6, 6.07) is 4.57. The summed E-state index contributed by atoms with van der Waals surface area (Å²) < 4.78 is 10.8. The lowest BCUT2D eigenvalue weighted by Crippen LogP contribution is -2.46. The quantitative estimate of drug-likeness (QED) is 0.849. The number of nitrogens with zero attached hydrogens (tertiary/aromatic N) is 2. The number of ether oxygens (including phenoxy) is 2. The van der Waals surface area contributed by atoms with Gasteiger partial charge in [-0.3, -0.25) is 9.69 Å². The van der Waals surface area contributed by atoms with Gasteiger partial charge in [0.1, 0.15) is 0 Å². The Morgan fingerprint density at radius 1 is 1.12 bits per heavy atom. The molecule has 0 bridgehead atoms. The SMILES string of the molecule is COc1cc2c(cc1OC)CN(C(=O)CN1CCCCC1C)CC2. The van der Waals surface area contributed by atoms with Crippen LogP contribution in [0.3, 0.4) is 0 Å². The fourth-order valence-corrected chi connectivity index (χ4v) is 3.76. The van der Waals surface area contributed by atoms with Gasteiger partial charge in [0, 0.05) is 19.1 Å². The number of hydrogen-bond acceptors (Lipinski definition) is 4. The van der Waals surface area contributed by atoms with E-state index in [4.69, 9.17) is 9.47 Å². The molecule has 3 rings (SSSR count). The number of fused-ring (bicyclic) bond motifs is 1. The number of hydrogen-bond donors (Lipinski definition) is 0. The van der Waals surface area contributed by atoms with E-state index >= 15 is 0 Å². The molecule has 5 nitrogen and oxygen atoms in total. The van der Waals surface area contributed by atoms with Crippen LogP contribution >= 0.6 is 0 Å². The Morgan fingerprint density at radius 3 is 2.50 bits per heavy atom. The third-order valence-electron chi connectivity index (χ3n) is 5.35. The van der Waals surface area contributed by atoms with E-state index in [0.29, 0.717) is 19.1 Å². The van der Waals surface area contributed by atoms with Crippen molar-refractivity contribution in [3.8, 4) is 11.5 Å². The lowest BCUT2D eigenvalue weighted by atomic mass is 9.98. The predicted octanol–water partition coefficient (Wildman–Crippen LogP) is 2.46. The highest BCUT2D eigenvalue weighted by atomic mass is 16.5. The summed E-state index contributed by atoms with van der Waals surface area (Å²) in [6.45, 7) is 5.27. The number of carbonyl (C=O) groups is 1. The summed E-state index contributed by atoms with van der Waals surface area (Å²) in [4.78, 5) is 17.0. The highest BCUT2D eigenvalue weighted by Crippen LogP contribution is 2.33. The molecule has 5 heteroatoms. The van der Waals surface area contributed by atoms with E-state index in [1.807, 2.05) is 17.0 Å². The summed E-state index contributed by atoms with van der Waals surface area (Å²) in [7, 11) is 3.30. The monoisotopic (exact) mass is 332 g/mol. The number of amides is 1. The molecule has 0 spiro atoms. The molecule has 1 aromatic carbocycles. The van der Waals surface area contributed by atoms with Gasteiger partial charge in [-0.15, -0.1) is 0 Å². The molecule has 0 N–H and O–H groups in total. The van der Waals surface area contributed by atoms with Gasteiger partial charge in [-0.2, -0.15) is 0 Å². The highest BCUT2D eigenvalue weighted by Gasteiger charge is 2.26. The molecule has 1 fully saturated rings. The van der Waals surface area contributed by atoms with Crippen molar-refractivity contribution in [1.82, 2.24) is 9.80 Å². The van der Waals surface area contributed by atoms with E-state index in [1.54, 1.807) is 14.2 Å². The van der Waals surface area contributed by atoms with Gasteiger partial charge >= 0.3 is 0 Å². The third-order valence-corrected chi connectivity index (χ3v) is 5.35. The van der Waals surface area contributed by atoms with Crippen LogP contribution in [0.15, 0.2) is 12.1 Å². The molecule has 132 valence electrons. The Hall–Kier alpha value is -1.75. The van der Waals surface area contributed by atoms with E-state index in [-0.39, 0.29) is 5.91 Å². The van der Waals surface area contributed by atoms with Crippen molar-refractivity contribution < 1.29 is 14.3 Å². The van der Waals surface area contributed by atoms with Crippen molar-refractivity contribution >= 4 is 5.91 Å². The molecular weight excluding hydrogens is 304 g/mol. The summed E-state index contributed by atoms with van der Waals surface area (Å²) in [5.74, 6) is 1.73. The molecule has 2 aliphatic heterocycles. The van der Waals surface area contributed by atoms with Crippen LogP contribution in [0.1, 0.15) is 37.3 Å². The second kappa shape index (κ2) is 7.43. The third kappa shape index (κ3) is 3.51. The minimum atomic E-state index is 0.240. The maximum Gasteiger partial charge on any atom is 0.237 e. The highest BCUT2D eigenvalue weighted by molar-refractivity contribution is 5.78. The number of likely N-dealkylation sites (tertiary alicyclic amines) is 1. The lowest BCUT2D eigenvalue weighted by Gasteiger charge is -2.36. The number of carbonyl (C=O) groups excluding carboxylic acids is 1. The van der Waals surface area contributed by atoms with Crippen molar-refractivity contribution in [3.05, 3.63) is 23.3 Å². The Labute approximate surface area is 144 Å². The van der Waals surface area contributed by atoms with E-state index in [1.165, 1.54) is 30.4 Å². The molecule has 1 aromatic rings. The number of rotatable bonds is 4. The Bertz CT molecular complexity index is 603. The number of methoxy groups -OCH3 is 2. The van der Waals surface area contributed by atoms with Gasteiger partial charge in [0.15, 0.2) is 11.5 Å². The number of piperidine rings is 1. The predicted molar refractivity (Wildman–Crippen MR) is 93.6 cm³/mol. The van der Waals surface area contributed by atoms with Crippen molar-refractivity contribution in [3.63, 3.8) is 0 Å². The Kier molecular flexibility index (Phi) is 5.29. The molecule has 0 aliphatic carbocycles. The van der Waals surface area contributed by atoms with Crippen LogP contribution in [-0.4, -0.2) is 55.6 Å². The van der Waals surface area contributed by atoms with Crippen LogP contribution in [0, 0.1) is 0 Å². The van der Waals surface area contributed by atoms with Crippen LogP contribution in [-0.2, 0) is 17.8 Å². The molecule has 1 unspecified atom stereocenters.